The van der Waals surface area contributed by atoms with E-state index in [0.29, 0.717) is 18.2 Å². The highest BCUT2D eigenvalue weighted by atomic mass is 16.3. The third-order valence-corrected chi connectivity index (χ3v) is 3.15. The van der Waals surface area contributed by atoms with Crippen LogP contribution in [0.5, 0.6) is 0 Å². The van der Waals surface area contributed by atoms with Gasteiger partial charge < -0.3 is 10.4 Å². The summed E-state index contributed by atoms with van der Waals surface area (Å²) in [5.41, 5.74) is 1.48. The summed E-state index contributed by atoms with van der Waals surface area (Å²) < 4.78 is 0. The summed E-state index contributed by atoms with van der Waals surface area (Å²) >= 11 is 0. The molecule has 0 saturated carbocycles. The third-order valence-electron chi connectivity index (χ3n) is 3.15. The number of aliphatic hydroxyl groups is 1. The molecule has 0 fully saturated rings. The van der Waals surface area contributed by atoms with Crippen LogP contribution in [0.4, 0.5) is 0 Å². The van der Waals surface area contributed by atoms with Gasteiger partial charge in [0.25, 0.3) is 0 Å². The van der Waals surface area contributed by atoms with Crippen LogP contribution in [0.2, 0.25) is 0 Å². The van der Waals surface area contributed by atoms with E-state index in [1.165, 1.54) is 0 Å². The zero-order valence-electron chi connectivity index (χ0n) is 11.2. The molecule has 0 aliphatic carbocycles. The van der Waals surface area contributed by atoms with E-state index >= 15 is 0 Å². The van der Waals surface area contributed by atoms with E-state index in [0.717, 1.165) is 24.8 Å². The predicted octanol–water partition coefficient (Wildman–Crippen LogP) is 2.76. The molecule has 0 radical (unpaired) electrons. The Bertz CT molecular complexity index is 380. The molecule has 2 unspecified atom stereocenters. The fourth-order valence-electron chi connectivity index (χ4n) is 1.97. The molecule has 1 aromatic carbocycles. The first kappa shape index (κ1) is 14.7. The van der Waals surface area contributed by atoms with Gasteiger partial charge in [0.2, 0.25) is 0 Å². The smallest absolute Gasteiger partial charge is 0.0991 e. The average Bonchev–Trinajstić information content (AvgIpc) is 2.43. The van der Waals surface area contributed by atoms with Crippen LogP contribution in [0.3, 0.4) is 0 Å². The molecular weight excluding hydrogens is 224 g/mol. The van der Waals surface area contributed by atoms with Crippen LogP contribution in [0.25, 0.3) is 0 Å². The quantitative estimate of drug-likeness (QED) is 0.777. The molecule has 98 valence electrons. The van der Waals surface area contributed by atoms with Gasteiger partial charge in [0.05, 0.1) is 17.7 Å². The molecule has 1 aromatic rings. The number of nitriles is 1. The largest absolute Gasteiger partial charge is 0.387 e. The first-order valence-corrected chi connectivity index (χ1v) is 6.62. The van der Waals surface area contributed by atoms with Crippen LogP contribution < -0.4 is 5.32 Å². The Labute approximate surface area is 109 Å². The maximum Gasteiger partial charge on any atom is 0.0991 e. The minimum atomic E-state index is -0.511. The standard InChI is InChI=1S/C15H22N2O/c1-3-5-14(4-2)17-11-15(18)13-8-6-12(10-16)7-9-13/h6-9,14-15,17-18H,3-5,11H2,1-2H3. The van der Waals surface area contributed by atoms with Crippen LogP contribution in [-0.4, -0.2) is 17.7 Å². The molecule has 18 heavy (non-hydrogen) atoms. The molecule has 0 spiro atoms. The van der Waals surface area contributed by atoms with Crippen molar-refractivity contribution in [1.82, 2.24) is 5.32 Å². The monoisotopic (exact) mass is 246 g/mol. The minimum absolute atomic E-state index is 0.475. The van der Waals surface area contributed by atoms with E-state index in [9.17, 15) is 5.11 Å². The Kier molecular flexibility index (Phi) is 6.42. The summed E-state index contributed by atoms with van der Waals surface area (Å²) in [4.78, 5) is 0. The molecule has 1 rings (SSSR count). The Hall–Kier alpha value is -1.37. The van der Waals surface area contributed by atoms with Crippen LogP contribution in [0.1, 0.15) is 50.3 Å². The molecule has 0 heterocycles. The lowest BCUT2D eigenvalue weighted by molar-refractivity contribution is 0.168. The Morgan fingerprint density at radius 3 is 2.44 bits per heavy atom. The van der Waals surface area contributed by atoms with E-state index in [4.69, 9.17) is 5.26 Å². The van der Waals surface area contributed by atoms with Gasteiger partial charge in [0.1, 0.15) is 0 Å². The minimum Gasteiger partial charge on any atom is -0.387 e. The van der Waals surface area contributed by atoms with Gasteiger partial charge in [0, 0.05) is 12.6 Å². The molecule has 0 amide bonds. The van der Waals surface area contributed by atoms with Crippen LogP contribution in [-0.2, 0) is 0 Å². The van der Waals surface area contributed by atoms with Crippen molar-refractivity contribution < 1.29 is 5.11 Å². The maximum atomic E-state index is 10.1. The second-order valence-electron chi connectivity index (χ2n) is 4.55. The lowest BCUT2D eigenvalue weighted by Crippen LogP contribution is -2.32. The molecule has 2 N–H and O–H groups in total. The van der Waals surface area contributed by atoms with Gasteiger partial charge >= 0.3 is 0 Å². The molecular formula is C15H22N2O. The highest BCUT2D eigenvalue weighted by Crippen LogP contribution is 2.13. The summed E-state index contributed by atoms with van der Waals surface area (Å²) in [5.74, 6) is 0. The van der Waals surface area contributed by atoms with Gasteiger partial charge in [0.15, 0.2) is 0 Å². The van der Waals surface area contributed by atoms with Crippen molar-refractivity contribution in [2.24, 2.45) is 0 Å². The van der Waals surface area contributed by atoms with E-state index in [1.54, 1.807) is 12.1 Å². The normalized spacial score (nSPS) is 13.9. The fourth-order valence-corrected chi connectivity index (χ4v) is 1.97. The number of rotatable bonds is 7. The van der Waals surface area contributed by atoms with Gasteiger partial charge in [-0.3, -0.25) is 0 Å². The molecule has 0 aromatic heterocycles. The van der Waals surface area contributed by atoms with Crippen LogP contribution in [0.15, 0.2) is 24.3 Å². The van der Waals surface area contributed by atoms with E-state index < -0.39 is 6.10 Å². The number of benzene rings is 1. The van der Waals surface area contributed by atoms with Gasteiger partial charge in [-0.05, 0) is 30.5 Å². The zero-order chi connectivity index (χ0) is 13.4. The topological polar surface area (TPSA) is 56.0 Å². The lowest BCUT2D eigenvalue weighted by Gasteiger charge is -2.19. The summed E-state index contributed by atoms with van der Waals surface area (Å²) in [6.07, 6.45) is 2.85. The van der Waals surface area contributed by atoms with Gasteiger partial charge in [-0.25, -0.2) is 0 Å². The van der Waals surface area contributed by atoms with Gasteiger partial charge in [-0.2, -0.15) is 5.26 Å². The summed E-state index contributed by atoms with van der Waals surface area (Å²) in [6.45, 7) is 4.88. The molecule has 0 saturated heterocycles. The van der Waals surface area contributed by atoms with Crippen molar-refractivity contribution in [2.75, 3.05) is 6.54 Å². The highest BCUT2D eigenvalue weighted by molar-refractivity contribution is 5.32. The molecule has 0 aliphatic heterocycles. The summed E-state index contributed by atoms with van der Waals surface area (Å²) in [6, 6.07) is 9.65. The first-order chi connectivity index (χ1) is 8.71. The third kappa shape index (κ3) is 4.48. The number of nitrogens with zero attached hydrogens (tertiary/aromatic N) is 1. The zero-order valence-corrected chi connectivity index (χ0v) is 11.2. The van der Waals surface area contributed by atoms with Gasteiger partial charge in [-0.1, -0.05) is 32.4 Å². The van der Waals surface area contributed by atoms with Crippen molar-refractivity contribution in [3.8, 4) is 6.07 Å². The van der Waals surface area contributed by atoms with Crippen molar-refractivity contribution in [3.05, 3.63) is 35.4 Å². The van der Waals surface area contributed by atoms with E-state index in [2.05, 4.69) is 25.2 Å². The summed E-state index contributed by atoms with van der Waals surface area (Å²) in [5, 5.41) is 22.1. The Balaban J connectivity index is 2.49. The van der Waals surface area contributed by atoms with E-state index in [1.807, 2.05) is 12.1 Å². The lowest BCUT2D eigenvalue weighted by atomic mass is 10.1. The molecule has 0 aliphatic rings. The fraction of sp³-hybridized carbons (Fsp3) is 0.533. The van der Waals surface area contributed by atoms with Crippen molar-refractivity contribution in [1.29, 1.82) is 5.26 Å². The molecule has 0 bridgehead atoms. The average molecular weight is 246 g/mol. The Morgan fingerprint density at radius 1 is 1.28 bits per heavy atom. The first-order valence-electron chi connectivity index (χ1n) is 6.62. The highest BCUT2D eigenvalue weighted by Gasteiger charge is 2.10. The SMILES string of the molecule is CCCC(CC)NCC(O)c1ccc(C#N)cc1. The molecule has 3 heteroatoms. The summed E-state index contributed by atoms with van der Waals surface area (Å²) in [7, 11) is 0. The second kappa shape index (κ2) is 7.86. The van der Waals surface area contributed by atoms with Crippen molar-refractivity contribution in [2.45, 2.75) is 45.3 Å². The molecule has 2 atom stereocenters. The second-order valence-corrected chi connectivity index (χ2v) is 4.55. The number of hydrogen-bond acceptors (Lipinski definition) is 3. The van der Waals surface area contributed by atoms with Crippen LogP contribution >= 0.6 is 0 Å². The number of nitrogens with one attached hydrogen (secondary N) is 1. The maximum absolute atomic E-state index is 10.1. The number of aliphatic hydroxyl groups excluding tert-OH is 1. The Morgan fingerprint density at radius 2 is 1.94 bits per heavy atom. The van der Waals surface area contributed by atoms with Crippen LogP contribution in [0, 0.1) is 11.3 Å². The molecule has 3 nitrogen and oxygen atoms in total. The van der Waals surface area contributed by atoms with E-state index in [-0.39, 0.29) is 0 Å². The van der Waals surface area contributed by atoms with Gasteiger partial charge in [-0.15, -0.1) is 0 Å². The van der Waals surface area contributed by atoms with Crippen molar-refractivity contribution >= 4 is 0 Å². The predicted molar refractivity (Wildman–Crippen MR) is 73.1 cm³/mol. The number of hydrogen-bond donors (Lipinski definition) is 2. The van der Waals surface area contributed by atoms with Crippen molar-refractivity contribution in [3.63, 3.8) is 0 Å².